The van der Waals surface area contributed by atoms with Crippen LogP contribution < -0.4 is 4.74 Å². The van der Waals surface area contributed by atoms with Gasteiger partial charge in [0.15, 0.2) is 5.82 Å². The van der Waals surface area contributed by atoms with E-state index in [-0.39, 0.29) is 0 Å². The summed E-state index contributed by atoms with van der Waals surface area (Å²) < 4.78 is 5.71. The first-order valence-corrected chi connectivity index (χ1v) is 12.6. The lowest BCUT2D eigenvalue weighted by Gasteiger charge is -2.05. The number of allylic oxidation sites excluding steroid dienone is 1. The van der Waals surface area contributed by atoms with Crippen LogP contribution in [0.5, 0.6) is 5.75 Å². The standard InChI is InChI=1S/C28H42N2O/c1-3-5-7-9-11-13-15-17-25-23-29-28(30-24-25)26-18-20-27(21-19-26)31-22-16-14-12-10-8-6-4-2/h16,18-24H,3-15,17H2,1-2H3/b22-16-. The molecule has 0 N–H and O–H groups in total. The predicted octanol–water partition coefficient (Wildman–Crippen LogP) is 8.69. The third kappa shape index (κ3) is 11.1. The fourth-order valence-electron chi connectivity index (χ4n) is 3.66. The monoisotopic (exact) mass is 422 g/mol. The maximum atomic E-state index is 5.71. The summed E-state index contributed by atoms with van der Waals surface area (Å²) >= 11 is 0. The summed E-state index contributed by atoms with van der Waals surface area (Å²) in [5.41, 5.74) is 2.26. The summed E-state index contributed by atoms with van der Waals surface area (Å²) in [4.78, 5) is 9.14. The van der Waals surface area contributed by atoms with Crippen LogP contribution in [0.3, 0.4) is 0 Å². The van der Waals surface area contributed by atoms with E-state index in [1.807, 2.05) is 42.9 Å². The third-order valence-corrected chi connectivity index (χ3v) is 5.66. The Morgan fingerprint density at radius 3 is 1.94 bits per heavy atom. The Labute approximate surface area is 190 Å². The van der Waals surface area contributed by atoms with Gasteiger partial charge in [0.05, 0.1) is 6.26 Å². The van der Waals surface area contributed by atoms with Crippen molar-refractivity contribution in [2.45, 2.75) is 104 Å². The van der Waals surface area contributed by atoms with Gasteiger partial charge in [-0.25, -0.2) is 9.97 Å². The summed E-state index contributed by atoms with van der Waals surface area (Å²) in [5, 5.41) is 0. The number of benzene rings is 1. The molecule has 0 saturated heterocycles. The molecule has 0 aliphatic rings. The Morgan fingerprint density at radius 2 is 1.29 bits per heavy atom. The van der Waals surface area contributed by atoms with Gasteiger partial charge in [-0.1, -0.05) is 78.1 Å². The topological polar surface area (TPSA) is 35.0 Å². The molecule has 170 valence electrons. The van der Waals surface area contributed by atoms with Crippen LogP contribution in [-0.4, -0.2) is 9.97 Å². The van der Waals surface area contributed by atoms with Gasteiger partial charge in [0.2, 0.25) is 0 Å². The van der Waals surface area contributed by atoms with Gasteiger partial charge < -0.3 is 4.74 Å². The number of hydrogen-bond acceptors (Lipinski definition) is 3. The minimum atomic E-state index is 0.775. The molecule has 31 heavy (non-hydrogen) atoms. The first-order valence-electron chi connectivity index (χ1n) is 12.6. The summed E-state index contributed by atoms with van der Waals surface area (Å²) in [6, 6.07) is 8.02. The van der Waals surface area contributed by atoms with E-state index >= 15 is 0 Å². The van der Waals surface area contributed by atoms with Crippen molar-refractivity contribution in [3.8, 4) is 17.1 Å². The molecule has 3 heteroatoms. The summed E-state index contributed by atoms with van der Waals surface area (Å²) in [5.74, 6) is 1.62. The van der Waals surface area contributed by atoms with Crippen LogP contribution in [0.2, 0.25) is 0 Å². The second-order valence-corrected chi connectivity index (χ2v) is 8.50. The Morgan fingerprint density at radius 1 is 0.710 bits per heavy atom. The van der Waals surface area contributed by atoms with Crippen LogP contribution >= 0.6 is 0 Å². The minimum Gasteiger partial charge on any atom is -0.465 e. The fourth-order valence-corrected chi connectivity index (χ4v) is 3.66. The largest absolute Gasteiger partial charge is 0.465 e. The highest BCUT2D eigenvalue weighted by atomic mass is 16.5. The van der Waals surface area contributed by atoms with Gasteiger partial charge in [0.25, 0.3) is 0 Å². The first-order chi connectivity index (χ1) is 15.3. The van der Waals surface area contributed by atoms with E-state index in [4.69, 9.17) is 4.74 Å². The van der Waals surface area contributed by atoms with Crippen molar-refractivity contribution >= 4 is 0 Å². The molecule has 0 aliphatic heterocycles. The molecule has 0 unspecified atom stereocenters. The van der Waals surface area contributed by atoms with Crippen molar-refractivity contribution in [3.63, 3.8) is 0 Å². The van der Waals surface area contributed by atoms with Crippen LogP contribution in [-0.2, 0) is 6.42 Å². The van der Waals surface area contributed by atoms with E-state index in [0.717, 1.165) is 30.0 Å². The molecule has 1 aromatic heterocycles. The van der Waals surface area contributed by atoms with Gasteiger partial charge in [-0.15, -0.1) is 0 Å². The van der Waals surface area contributed by atoms with Crippen molar-refractivity contribution in [3.05, 3.63) is 54.6 Å². The maximum absolute atomic E-state index is 5.71. The Kier molecular flexibility index (Phi) is 13.4. The zero-order valence-electron chi connectivity index (χ0n) is 19.8. The van der Waals surface area contributed by atoms with Crippen molar-refractivity contribution in [1.82, 2.24) is 9.97 Å². The van der Waals surface area contributed by atoms with E-state index in [0.29, 0.717) is 0 Å². The molecule has 1 aromatic carbocycles. The van der Waals surface area contributed by atoms with Gasteiger partial charge in [-0.05, 0) is 61.6 Å². The van der Waals surface area contributed by atoms with Gasteiger partial charge in [-0.2, -0.15) is 0 Å². The van der Waals surface area contributed by atoms with Crippen LogP contribution in [0.1, 0.15) is 103 Å². The normalized spacial score (nSPS) is 11.3. The predicted molar refractivity (Wildman–Crippen MR) is 132 cm³/mol. The van der Waals surface area contributed by atoms with E-state index in [1.165, 1.54) is 82.6 Å². The molecule has 0 bridgehead atoms. The van der Waals surface area contributed by atoms with Crippen molar-refractivity contribution in [2.24, 2.45) is 0 Å². The Balaban J connectivity index is 1.67. The molecular weight excluding hydrogens is 380 g/mol. The number of aryl methyl sites for hydroxylation is 1. The second kappa shape index (κ2) is 16.5. The highest BCUT2D eigenvalue weighted by Gasteiger charge is 2.03. The number of ether oxygens (including phenoxy) is 1. The van der Waals surface area contributed by atoms with E-state index in [9.17, 15) is 0 Å². The summed E-state index contributed by atoms with van der Waals surface area (Å²) in [6.07, 6.45) is 25.9. The number of aromatic nitrogens is 2. The van der Waals surface area contributed by atoms with Crippen molar-refractivity contribution in [2.75, 3.05) is 0 Å². The fraction of sp³-hybridized carbons (Fsp3) is 0.571. The SMILES string of the molecule is CCCCCCC/C=C\Oc1ccc(-c2ncc(CCCCCCCCC)cn2)cc1. The number of rotatable bonds is 17. The lowest BCUT2D eigenvalue weighted by Crippen LogP contribution is -1.93. The number of unbranched alkanes of at least 4 members (excludes halogenated alkanes) is 11. The average Bonchev–Trinajstić information content (AvgIpc) is 2.81. The number of nitrogens with zero attached hydrogens (tertiary/aromatic N) is 2. The molecule has 2 aromatic rings. The smallest absolute Gasteiger partial charge is 0.159 e. The van der Waals surface area contributed by atoms with E-state index in [1.54, 1.807) is 0 Å². The molecule has 1 heterocycles. The van der Waals surface area contributed by atoms with Crippen LogP contribution in [0.25, 0.3) is 11.4 Å². The highest BCUT2D eigenvalue weighted by Crippen LogP contribution is 2.20. The molecule has 0 atom stereocenters. The molecule has 0 spiro atoms. The van der Waals surface area contributed by atoms with Crippen LogP contribution in [0.4, 0.5) is 0 Å². The molecule has 0 saturated carbocycles. The molecule has 0 fully saturated rings. The lowest BCUT2D eigenvalue weighted by molar-refractivity contribution is 0.477. The lowest BCUT2D eigenvalue weighted by atomic mass is 10.1. The molecule has 2 rings (SSSR count). The summed E-state index contributed by atoms with van der Waals surface area (Å²) in [6.45, 7) is 4.51. The molecule has 0 radical (unpaired) electrons. The zero-order chi connectivity index (χ0) is 22.0. The third-order valence-electron chi connectivity index (χ3n) is 5.66. The number of hydrogen-bond donors (Lipinski definition) is 0. The van der Waals surface area contributed by atoms with Gasteiger partial charge >= 0.3 is 0 Å². The van der Waals surface area contributed by atoms with Gasteiger partial charge in [0, 0.05) is 18.0 Å². The van der Waals surface area contributed by atoms with Crippen LogP contribution in [0, 0.1) is 0 Å². The van der Waals surface area contributed by atoms with Crippen molar-refractivity contribution < 1.29 is 4.74 Å². The second-order valence-electron chi connectivity index (χ2n) is 8.50. The Hall–Kier alpha value is -2.16. The van der Waals surface area contributed by atoms with E-state index < -0.39 is 0 Å². The summed E-state index contributed by atoms with van der Waals surface area (Å²) in [7, 11) is 0. The van der Waals surface area contributed by atoms with Crippen LogP contribution in [0.15, 0.2) is 49.0 Å². The van der Waals surface area contributed by atoms with E-state index in [2.05, 4.69) is 29.9 Å². The molecule has 3 nitrogen and oxygen atoms in total. The Bertz CT molecular complexity index is 707. The molecule has 0 aliphatic carbocycles. The zero-order valence-corrected chi connectivity index (χ0v) is 19.8. The van der Waals surface area contributed by atoms with Gasteiger partial charge in [-0.3, -0.25) is 0 Å². The van der Waals surface area contributed by atoms with Gasteiger partial charge in [0.1, 0.15) is 5.75 Å². The molecular formula is C28H42N2O. The first kappa shape index (κ1) is 25.1. The maximum Gasteiger partial charge on any atom is 0.159 e. The minimum absolute atomic E-state index is 0.775. The quantitative estimate of drug-likeness (QED) is 0.189. The highest BCUT2D eigenvalue weighted by molar-refractivity contribution is 5.55. The molecule has 0 amide bonds. The van der Waals surface area contributed by atoms with Crippen molar-refractivity contribution in [1.29, 1.82) is 0 Å². The average molecular weight is 423 g/mol.